The molecular formula is C47H29N3O. The molecule has 10 rings (SSSR count). The van der Waals surface area contributed by atoms with Gasteiger partial charge in [-0.2, -0.15) is 0 Å². The van der Waals surface area contributed by atoms with Gasteiger partial charge in [-0.25, -0.2) is 15.0 Å². The summed E-state index contributed by atoms with van der Waals surface area (Å²) in [6.07, 6.45) is 0. The monoisotopic (exact) mass is 651 g/mol. The molecule has 51 heavy (non-hydrogen) atoms. The fourth-order valence-electron chi connectivity index (χ4n) is 7.17. The minimum absolute atomic E-state index is 0.603. The minimum Gasteiger partial charge on any atom is -0.456 e. The molecule has 0 aliphatic rings. The van der Waals surface area contributed by atoms with Gasteiger partial charge in [-0.05, 0) is 68.1 Å². The fraction of sp³-hybridized carbons (Fsp3) is 0. The Kier molecular flexibility index (Phi) is 6.78. The van der Waals surface area contributed by atoms with Crippen LogP contribution in [-0.2, 0) is 0 Å². The van der Waals surface area contributed by atoms with Crippen molar-refractivity contribution in [1.82, 2.24) is 15.0 Å². The zero-order valence-corrected chi connectivity index (χ0v) is 27.5. The lowest BCUT2D eigenvalue weighted by atomic mass is 9.99. The molecule has 0 saturated carbocycles. The van der Waals surface area contributed by atoms with Crippen molar-refractivity contribution < 1.29 is 4.42 Å². The van der Waals surface area contributed by atoms with Crippen LogP contribution in [0.5, 0.6) is 0 Å². The van der Waals surface area contributed by atoms with Crippen LogP contribution >= 0.6 is 0 Å². The molecule has 10 aromatic rings. The molecule has 4 nitrogen and oxygen atoms in total. The highest BCUT2D eigenvalue weighted by Gasteiger charge is 2.18. The van der Waals surface area contributed by atoms with Gasteiger partial charge in [-0.15, -0.1) is 0 Å². The van der Waals surface area contributed by atoms with Gasteiger partial charge >= 0.3 is 0 Å². The molecule has 2 aromatic heterocycles. The van der Waals surface area contributed by atoms with E-state index in [1.807, 2.05) is 48.5 Å². The van der Waals surface area contributed by atoms with Crippen LogP contribution in [-0.4, -0.2) is 15.0 Å². The molecule has 0 bridgehead atoms. The minimum atomic E-state index is 0.603. The van der Waals surface area contributed by atoms with Crippen molar-refractivity contribution in [2.24, 2.45) is 0 Å². The van der Waals surface area contributed by atoms with Crippen molar-refractivity contribution in [2.45, 2.75) is 0 Å². The Labute approximate surface area is 294 Å². The average molecular weight is 652 g/mol. The van der Waals surface area contributed by atoms with Crippen molar-refractivity contribution >= 4 is 43.5 Å². The topological polar surface area (TPSA) is 51.8 Å². The van der Waals surface area contributed by atoms with E-state index in [1.54, 1.807) is 0 Å². The van der Waals surface area contributed by atoms with Crippen LogP contribution in [0.4, 0.5) is 0 Å². The highest BCUT2D eigenvalue weighted by Crippen LogP contribution is 2.39. The molecule has 0 unspecified atom stereocenters. The Balaban J connectivity index is 1.10. The first-order valence-corrected chi connectivity index (χ1v) is 17.1. The summed E-state index contributed by atoms with van der Waals surface area (Å²) in [5.41, 5.74) is 9.01. The SMILES string of the molecule is c1ccc(-c2ccc(-c3ccc4c(c3)oc3cccc(-c5nc(-c6ccccc6)nc(-c6ccc7c(ccc8ccccc87)c6)n5)c34)cc2)cc1. The molecule has 0 aliphatic heterocycles. The number of aromatic nitrogens is 3. The molecule has 0 amide bonds. The summed E-state index contributed by atoms with van der Waals surface area (Å²) in [6.45, 7) is 0. The van der Waals surface area contributed by atoms with Gasteiger partial charge in [-0.1, -0.05) is 152 Å². The van der Waals surface area contributed by atoms with Crippen molar-refractivity contribution in [3.63, 3.8) is 0 Å². The van der Waals surface area contributed by atoms with Crippen LogP contribution in [0, 0.1) is 0 Å². The zero-order valence-electron chi connectivity index (χ0n) is 27.5. The molecule has 0 spiro atoms. The standard InChI is InChI=1S/C47H29N3O/c1-3-10-30(11-4-1)31-18-20-32(21-19-31)35-24-27-40-43(29-35)51-42-17-9-16-41(44(40)42)47-49-45(34-13-5-2-6-14-34)48-46(50-47)37-25-26-39-36(28-37)23-22-33-12-7-8-15-38(33)39/h1-29H. The van der Waals surface area contributed by atoms with E-state index in [9.17, 15) is 0 Å². The van der Waals surface area contributed by atoms with Gasteiger partial charge in [0.05, 0.1) is 0 Å². The first kappa shape index (κ1) is 29.0. The van der Waals surface area contributed by atoms with Gasteiger partial charge in [0.1, 0.15) is 11.2 Å². The largest absolute Gasteiger partial charge is 0.456 e. The van der Waals surface area contributed by atoms with Crippen molar-refractivity contribution in [2.75, 3.05) is 0 Å². The van der Waals surface area contributed by atoms with Gasteiger partial charge < -0.3 is 4.42 Å². The second-order valence-electron chi connectivity index (χ2n) is 12.8. The van der Waals surface area contributed by atoms with Gasteiger partial charge in [0.2, 0.25) is 0 Å². The van der Waals surface area contributed by atoms with E-state index in [1.165, 1.54) is 27.3 Å². The molecule has 0 aliphatic carbocycles. The Morgan fingerprint density at radius 1 is 0.314 bits per heavy atom. The molecule has 0 radical (unpaired) electrons. The van der Waals surface area contributed by atoms with Gasteiger partial charge in [0.25, 0.3) is 0 Å². The molecule has 4 heteroatoms. The van der Waals surface area contributed by atoms with Gasteiger partial charge in [0.15, 0.2) is 17.5 Å². The Morgan fingerprint density at radius 2 is 0.882 bits per heavy atom. The quantitative estimate of drug-likeness (QED) is 0.174. The van der Waals surface area contributed by atoms with Crippen LogP contribution < -0.4 is 0 Å². The maximum atomic E-state index is 6.51. The maximum Gasteiger partial charge on any atom is 0.164 e. The smallest absolute Gasteiger partial charge is 0.164 e. The molecule has 0 N–H and O–H groups in total. The molecule has 2 heterocycles. The predicted octanol–water partition coefficient (Wildman–Crippen LogP) is 12.4. The normalized spacial score (nSPS) is 11.5. The number of rotatable bonds is 5. The van der Waals surface area contributed by atoms with Crippen LogP contribution in [0.3, 0.4) is 0 Å². The predicted molar refractivity (Wildman–Crippen MR) is 209 cm³/mol. The first-order chi connectivity index (χ1) is 25.2. The van der Waals surface area contributed by atoms with E-state index in [0.717, 1.165) is 55.1 Å². The summed E-state index contributed by atoms with van der Waals surface area (Å²) in [7, 11) is 0. The van der Waals surface area contributed by atoms with Gasteiger partial charge in [0, 0.05) is 27.5 Å². The maximum absolute atomic E-state index is 6.51. The van der Waals surface area contributed by atoms with E-state index < -0.39 is 0 Å². The molecule has 8 aromatic carbocycles. The van der Waals surface area contributed by atoms with E-state index in [2.05, 4.69) is 127 Å². The third kappa shape index (κ3) is 5.13. The Bertz CT molecular complexity index is 2900. The van der Waals surface area contributed by atoms with Crippen LogP contribution in [0.1, 0.15) is 0 Å². The molecule has 0 atom stereocenters. The van der Waals surface area contributed by atoms with Crippen molar-refractivity contribution in [1.29, 1.82) is 0 Å². The summed E-state index contributed by atoms with van der Waals surface area (Å²) < 4.78 is 6.51. The Hall–Kier alpha value is -6.91. The number of furan rings is 1. The van der Waals surface area contributed by atoms with Crippen LogP contribution in [0.25, 0.3) is 99.9 Å². The van der Waals surface area contributed by atoms with Crippen LogP contribution in [0.2, 0.25) is 0 Å². The highest BCUT2D eigenvalue weighted by atomic mass is 16.3. The first-order valence-electron chi connectivity index (χ1n) is 17.1. The third-order valence-electron chi connectivity index (χ3n) is 9.73. The number of nitrogens with zero attached hydrogens (tertiary/aromatic N) is 3. The summed E-state index contributed by atoms with van der Waals surface area (Å²) >= 11 is 0. The second kappa shape index (κ2) is 11.9. The molecule has 0 fully saturated rings. The third-order valence-corrected chi connectivity index (χ3v) is 9.73. The second-order valence-corrected chi connectivity index (χ2v) is 12.8. The lowest BCUT2D eigenvalue weighted by Gasteiger charge is -2.10. The summed E-state index contributed by atoms with van der Waals surface area (Å²) in [4.78, 5) is 15.2. The summed E-state index contributed by atoms with van der Waals surface area (Å²) in [5.74, 6) is 1.85. The number of benzene rings is 8. The fourth-order valence-corrected chi connectivity index (χ4v) is 7.17. The zero-order chi connectivity index (χ0) is 33.7. The van der Waals surface area contributed by atoms with Crippen LogP contribution in [0.15, 0.2) is 180 Å². The summed E-state index contributed by atoms with van der Waals surface area (Å²) in [5, 5.41) is 6.80. The highest BCUT2D eigenvalue weighted by molar-refractivity contribution is 6.12. The van der Waals surface area contributed by atoms with E-state index in [-0.39, 0.29) is 0 Å². The average Bonchev–Trinajstić information content (AvgIpc) is 3.59. The van der Waals surface area contributed by atoms with E-state index in [0.29, 0.717) is 17.5 Å². The number of hydrogen-bond acceptors (Lipinski definition) is 4. The van der Waals surface area contributed by atoms with Gasteiger partial charge in [-0.3, -0.25) is 0 Å². The van der Waals surface area contributed by atoms with Crippen molar-refractivity contribution in [3.8, 4) is 56.4 Å². The molecule has 0 saturated heterocycles. The molecular weight excluding hydrogens is 623 g/mol. The van der Waals surface area contributed by atoms with Crippen molar-refractivity contribution in [3.05, 3.63) is 176 Å². The molecule has 238 valence electrons. The number of fused-ring (bicyclic) bond motifs is 6. The van der Waals surface area contributed by atoms with E-state index in [4.69, 9.17) is 19.4 Å². The summed E-state index contributed by atoms with van der Waals surface area (Å²) in [6, 6.07) is 61.1. The lowest BCUT2D eigenvalue weighted by molar-refractivity contribution is 0.669. The van der Waals surface area contributed by atoms with E-state index >= 15 is 0 Å². The Morgan fingerprint density at radius 3 is 1.69 bits per heavy atom. The lowest BCUT2D eigenvalue weighted by Crippen LogP contribution is -2.00. The number of hydrogen-bond donors (Lipinski definition) is 0.